The molecule has 5 rings (SSSR count). The molecule has 2 aliphatic rings. The number of hydrogen-bond donors (Lipinski definition) is 2. The van der Waals surface area contributed by atoms with E-state index >= 15 is 0 Å². The number of carbonyl (C=O) groups is 2. The molecule has 0 unspecified atom stereocenters. The minimum Gasteiger partial charge on any atom is -0.497 e. The van der Waals surface area contributed by atoms with E-state index < -0.39 is 5.91 Å². The summed E-state index contributed by atoms with van der Waals surface area (Å²) in [6, 6.07) is 15.2. The second-order valence-corrected chi connectivity index (χ2v) is 9.21. The molecule has 2 aromatic carbocycles. The van der Waals surface area contributed by atoms with E-state index in [1.54, 1.807) is 34.9 Å². The van der Waals surface area contributed by atoms with Crippen LogP contribution in [0.4, 0.5) is 4.79 Å². The summed E-state index contributed by atoms with van der Waals surface area (Å²) in [5.74, 6) is 0.701. The maximum absolute atomic E-state index is 13.0. The first-order chi connectivity index (χ1) is 16.4. The highest BCUT2D eigenvalue weighted by atomic mass is 35.5. The van der Waals surface area contributed by atoms with Gasteiger partial charge in [-0.25, -0.2) is 4.79 Å². The quantitative estimate of drug-likeness (QED) is 0.581. The number of fused-ring (bicyclic) bond motifs is 1. The van der Waals surface area contributed by atoms with Gasteiger partial charge in [0.05, 0.1) is 31.5 Å². The van der Waals surface area contributed by atoms with E-state index in [0.717, 1.165) is 24.2 Å². The van der Waals surface area contributed by atoms with Gasteiger partial charge in [0.1, 0.15) is 11.4 Å². The number of primary amides is 1. The van der Waals surface area contributed by atoms with Crippen LogP contribution < -0.4 is 15.8 Å². The van der Waals surface area contributed by atoms with Crippen LogP contribution in [0.15, 0.2) is 48.5 Å². The summed E-state index contributed by atoms with van der Waals surface area (Å²) in [4.78, 5) is 27.0. The minimum absolute atomic E-state index is 0.129. The van der Waals surface area contributed by atoms with Crippen molar-refractivity contribution in [1.29, 1.82) is 0 Å². The van der Waals surface area contributed by atoms with Crippen LogP contribution in [-0.2, 0) is 13.1 Å². The Morgan fingerprint density at radius 2 is 1.91 bits per heavy atom. The number of halogens is 1. The standard InChI is InChI=1S/C25H26ClN5O3/c1-34-20-7-5-15(6-8-20)17-12-19(13-17)28-25(33)30-9-10-31-21(14-30)22(24(27)32)23(29-31)16-3-2-4-18(26)11-16/h2-8,11,17,19H,9-10,12-14H2,1H3,(H2,27,32)(H,28,33). The molecule has 176 valence electrons. The van der Waals surface area contributed by atoms with Gasteiger partial charge in [0.15, 0.2) is 0 Å². The number of urea groups is 1. The molecule has 1 aliphatic carbocycles. The number of carbonyl (C=O) groups excluding carboxylic acids is 2. The zero-order valence-corrected chi connectivity index (χ0v) is 19.6. The fraction of sp³-hybridized carbons (Fsp3) is 0.320. The Morgan fingerprint density at radius 3 is 2.59 bits per heavy atom. The second-order valence-electron chi connectivity index (χ2n) is 8.78. The smallest absolute Gasteiger partial charge is 0.318 e. The number of ether oxygens (including phenoxy) is 1. The lowest BCUT2D eigenvalue weighted by atomic mass is 9.76. The van der Waals surface area contributed by atoms with Gasteiger partial charge in [0, 0.05) is 23.2 Å². The molecular formula is C25H26ClN5O3. The van der Waals surface area contributed by atoms with E-state index in [4.69, 9.17) is 22.1 Å². The van der Waals surface area contributed by atoms with Crippen LogP contribution in [0.25, 0.3) is 11.3 Å². The number of nitrogens with two attached hydrogens (primary N) is 1. The number of hydrogen-bond acceptors (Lipinski definition) is 4. The molecule has 0 spiro atoms. The Hall–Kier alpha value is -3.52. The fourth-order valence-electron chi connectivity index (χ4n) is 4.74. The Bertz CT molecular complexity index is 1230. The van der Waals surface area contributed by atoms with E-state index in [9.17, 15) is 9.59 Å². The van der Waals surface area contributed by atoms with E-state index in [0.29, 0.717) is 41.0 Å². The Labute approximate surface area is 202 Å². The molecule has 0 radical (unpaired) electrons. The third kappa shape index (κ3) is 4.21. The van der Waals surface area contributed by atoms with Crippen LogP contribution in [0.5, 0.6) is 5.75 Å². The highest BCUT2D eigenvalue weighted by molar-refractivity contribution is 6.30. The Balaban J connectivity index is 1.25. The lowest BCUT2D eigenvalue weighted by Crippen LogP contribution is -2.51. The topological polar surface area (TPSA) is 102 Å². The van der Waals surface area contributed by atoms with Crippen LogP contribution in [0.3, 0.4) is 0 Å². The van der Waals surface area contributed by atoms with Crippen LogP contribution in [0.1, 0.15) is 40.4 Å². The lowest BCUT2D eigenvalue weighted by Gasteiger charge is -2.38. The highest BCUT2D eigenvalue weighted by Crippen LogP contribution is 2.37. The average Bonchev–Trinajstić information content (AvgIpc) is 3.20. The van der Waals surface area contributed by atoms with Crippen molar-refractivity contribution in [2.45, 2.75) is 37.9 Å². The van der Waals surface area contributed by atoms with Crippen molar-refractivity contribution in [3.05, 3.63) is 70.4 Å². The van der Waals surface area contributed by atoms with Gasteiger partial charge in [-0.3, -0.25) is 9.48 Å². The fourth-order valence-corrected chi connectivity index (χ4v) is 4.93. The first-order valence-corrected chi connectivity index (χ1v) is 11.7. The van der Waals surface area contributed by atoms with Gasteiger partial charge >= 0.3 is 6.03 Å². The lowest BCUT2D eigenvalue weighted by molar-refractivity contribution is 0.0997. The molecule has 1 aliphatic heterocycles. The van der Waals surface area contributed by atoms with Crippen LogP contribution >= 0.6 is 11.6 Å². The van der Waals surface area contributed by atoms with Crippen molar-refractivity contribution in [3.63, 3.8) is 0 Å². The number of aromatic nitrogens is 2. The monoisotopic (exact) mass is 479 g/mol. The van der Waals surface area contributed by atoms with Crippen molar-refractivity contribution < 1.29 is 14.3 Å². The summed E-state index contributed by atoms with van der Waals surface area (Å²) in [5, 5.41) is 8.29. The summed E-state index contributed by atoms with van der Waals surface area (Å²) >= 11 is 6.13. The van der Waals surface area contributed by atoms with Crippen LogP contribution in [0.2, 0.25) is 5.02 Å². The molecule has 8 nitrogen and oxygen atoms in total. The van der Waals surface area contributed by atoms with Crippen molar-refractivity contribution in [2.24, 2.45) is 5.73 Å². The maximum Gasteiger partial charge on any atom is 0.318 e. The first kappa shape index (κ1) is 22.3. The third-order valence-corrected chi connectivity index (χ3v) is 6.90. The normalized spacial score (nSPS) is 19.2. The summed E-state index contributed by atoms with van der Waals surface area (Å²) in [6.07, 6.45) is 1.80. The van der Waals surface area contributed by atoms with E-state index in [1.807, 2.05) is 18.2 Å². The predicted octanol–water partition coefficient (Wildman–Crippen LogP) is 3.78. The first-order valence-electron chi connectivity index (χ1n) is 11.3. The van der Waals surface area contributed by atoms with E-state index in [1.165, 1.54) is 5.56 Å². The summed E-state index contributed by atoms with van der Waals surface area (Å²) in [7, 11) is 1.65. The Morgan fingerprint density at radius 1 is 1.15 bits per heavy atom. The molecule has 1 aromatic heterocycles. The molecule has 3 aromatic rings. The molecule has 2 heterocycles. The van der Waals surface area contributed by atoms with Crippen LogP contribution in [0, 0.1) is 0 Å². The number of amides is 3. The number of nitrogens with one attached hydrogen (secondary N) is 1. The van der Waals surface area contributed by atoms with Crippen molar-refractivity contribution in [2.75, 3.05) is 13.7 Å². The van der Waals surface area contributed by atoms with Gasteiger partial charge < -0.3 is 20.7 Å². The van der Waals surface area contributed by atoms with E-state index in [2.05, 4.69) is 22.5 Å². The molecular weight excluding hydrogens is 454 g/mol. The zero-order valence-electron chi connectivity index (χ0n) is 18.8. The predicted molar refractivity (Wildman–Crippen MR) is 129 cm³/mol. The average molecular weight is 480 g/mol. The molecule has 1 saturated carbocycles. The molecule has 9 heteroatoms. The third-order valence-electron chi connectivity index (χ3n) is 6.66. The molecule has 34 heavy (non-hydrogen) atoms. The van der Waals surface area contributed by atoms with Gasteiger partial charge in [-0.1, -0.05) is 35.9 Å². The van der Waals surface area contributed by atoms with Gasteiger partial charge in [-0.2, -0.15) is 5.10 Å². The van der Waals surface area contributed by atoms with Crippen molar-refractivity contribution in [1.82, 2.24) is 20.0 Å². The summed E-state index contributed by atoms with van der Waals surface area (Å²) in [5.41, 5.74) is 9.18. The highest BCUT2D eigenvalue weighted by Gasteiger charge is 2.34. The van der Waals surface area contributed by atoms with Crippen molar-refractivity contribution in [3.8, 4) is 17.0 Å². The number of rotatable bonds is 5. The Kier molecular flexibility index (Phi) is 5.91. The molecule has 0 bridgehead atoms. The van der Waals surface area contributed by atoms with Crippen molar-refractivity contribution >= 4 is 23.5 Å². The SMILES string of the molecule is COc1ccc(C2CC(NC(=O)N3CCn4nc(-c5cccc(Cl)c5)c(C(N)=O)c4C3)C2)cc1. The van der Waals surface area contributed by atoms with Crippen LogP contribution in [-0.4, -0.2) is 46.3 Å². The molecule has 3 N–H and O–H groups in total. The number of methoxy groups -OCH3 is 1. The largest absolute Gasteiger partial charge is 0.497 e. The minimum atomic E-state index is -0.570. The molecule has 3 amide bonds. The summed E-state index contributed by atoms with van der Waals surface area (Å²) < 4.78 is 6.99. The van der Waals surface area contributed by atoms with E-state index in [-0.39, 0.29) is 18.6 Å². The number of benzene rings is 2. The second kappa shape index (κ2) is 9.02. The van der Waals surface area contributed by atoms with Gasteiger partial charge in [0.2, 0.25) is 0 Å². The van der Waals surface area contributed by atoms with Gasteiger partial charge in [0.25, 0.3) is 5.91 Å². The molecule has 0 saturated heterocycles. The zero-order chi connectivity index (χ0) is 23.8. The molecule has 1 fully saturated rings. The van der Waals surface area contributed by atoms with Gasteiger partial charge in [-0.15, -0.1) is 0 Å². The van der Waals surface area contributed by atoms with Gasteiger partial charge in [-0.05, 0) is 48.6 Å². The number of nitrogens with zero attached hydrogens (tertiary/aromatic N) is 3. The maximum atomic E-state index is 13.0. The summed E-state index contributed by atoms with van der Waals surface area (Å²) in [6.45, 7) is 1.26. The molecule has 0 atom stereocenters.